The normalized spacial score (nSPS) is 22.3. The molecule has 2 aromatic carbocycles. The molecule has 4 rings (SSSR count). The second-order valence-corrected chi connectivity index (χ2v) is 11.0. The zero-order valence-corrected chi connectivity index (χ0v) is 21.7. The number of methoxy groups -OCH3 is 1. The molecule has 1 aliphatic heterocycles. The number of piperidine rings is 1. The topological polar surface area (TPSA) is 55.8 Å². The van der Waals surface area contributed by atoms with Crippen LogP contribution >= 0.6 is 0 Å². The fourth-order valence-corrected chi connectivity index (χ4v) is 6.45. The standard InChI is InChI=1S/C29H37NO4S/c1-4-34-29(31)24-5-9-25(10-6-24)30-19-17-23(18-20-30)21(2)22-7-13-27(14-8-22)35(32)28-15-11-26(33-3)12-16-28/h7-8,11-16,23-25H,2,4-6,9-10,17-20H2,1,3H3. The van der Waals surface area contributed by atoms with Crippen LogP contribution in [0.4, 0.5) is 0 Å². The van der Waals surface area contributed by atoms with Crippen molar-refractivity contribution in [3.05, 3.63) is 60.7 Å². The summed E-state index contributed by atoms with van der Waals surface area (Å²) in [6, 6.07) is 16.0. The number of nitrogens with zero attached hydrogens (tertiary/aromatic N) is 1. The van der Waals surface area contributed by atoms with E-state index >= 15 is 0 Å². The monoisotopic (exact) mass is 495 g/mol. The molecule has 1 saturated carbocycles. The quantitative estimate of drug-likeness (QED) is 0.439. The van der Waals surface area contributed by atoms with Crippen molar-refractivity contribution in [3.63, 3.8) is 0 Å². The van der Waals surface area contributed by atoms with Gasteiger partial charge in [-0.1, -0.05) is 18.7 Å². The summed E-state index contributed by atoms with van der Waals surface area (Å²) in [6.07, 6.45) is 6.27. The minimum Gasteiger partial charge on any atom is -0.497 e. The van der Waals surface area contributed by atoms with Crippen molar-refractivity contribution >= 4 is 22.3 Å². The molecule has 188 valence electrons. The van der Waals surface area contributed by atoms with Gasteiger partial charge in [0.2, 0.25) is 0 Å². The SMILES string of the molecule is C=C(c1ccc(S(=O)c2ccc(OC)cc2)cc1)C1CCN(C2CCC(C(=O)OCC)CC2)CC1. The van der Waals surface area contributed by atoms with Gasteiger partial charge in [0.25, 0.3) is 0 Å². The van der Waals surface area contributed by atoms with Gasteiger partial charge in [0.15, 0.2) is 0 Å². The summed E-state index contributed by atoms with van der Waals surface area (Å²) in [5.41, 5.74) is 2.31. The fourth-order valence-electron chi connectivity index (χ4n) is 5.41. The fraction of sp³-hybridized carbons (Fsp3) is 0.483. The number of carbonyl (C=O) groups is 1. The Labute approximate surface area is 212 Å². The van der Waals surface area contributed by atoms with Crippen LogP contribution in [0.2, 0.25) is 0 Å². The number of allylic oxidation sites excluding steroid dienone is 1. The van der Waals surface area contributed by atoms with Crippen molar-refractivity contribution in [2.24, 2.45) is 11.8 Å². The molecular formula is C29H37NO4S. The van der Waals surface area contributed by atoms with Crippen LogP contribution < -0.4 is 4.74 Å². The Morgan fingerprint density at radius 3 is 2.03 bits per heavy atom. The van der Waals surface area contributed by atoms with E-state index in [9.17, 15) is 9.00 Å². The summed E-state index contributed by atoms with van der Waals surface area (Å²) in [5, 5.41) is 0. The Balaban J connectivity index is 1.28. The van der Waals surface area contributed by atoms with Crippen LogP contribution in [0.5, 0.6) is 5.75 Å². The Hall–Kier alpha value is -2.44. The number of rotatable bonds is 8. The molecule has 0 N–H and O–H groups in total. The summed E-state index contributed by atoms with van der Waals surface area (Å²) in [4.78, 5) is 16.2. The Kier molecular flexibility index (Phi) is 8.79. The number of hydrogen-bond donors (Lipinski definition) is 0. The average molecular weight is 496 g/mol. The molecule has 1 heterocycles. The predicted molar refractivity (Wildman–Crippen MR) is 140 cm³/mol. The van der Waals surface area contributed by atoms with Gasteiger partial charge in [-0.05, 0) is 112 Å². The van der Waals surface area contributed by atoms with Gasteiger partial charge in [-0.25, -0.2) is 4.21 Å². The second-order valence-electron chi connectivity index (χ2n) is 9.56. The van der Waals surface area contributed by atoms with E-state index in [0.29, 0.717) is 18.6 Å². The Bertz CT molecular complexity index is 1020. The highest BCUT2D eigenvalue weighted by atomic mass is 32.2. The van der Waals surface area contributed by atoms with E-state index in [1.54, 1.807) is 7.11 Å². The van der Waals surface area contributed by atoms with Gasteiger partial charge >= 0.3 is 5.97 Å². The zero-order chi connectivity index (χ0) is 24.8. The highest BCUT2D eigenvalue weighted by Crippen LogP contribution is 2.35. The lowest BCUT2D eigenvalue weighted by Gasteiger charge is -2.41. The average Bonchev–Trinajstić information content (AvgIpc) is 2.93. The van der Waals surface area contributed by atoms with Crippen molar-refractivity contribution in [3.8, 4) is 5.75 Å². The van der Waals surface area contributed by atoms with E-state index in [1.165, 1.54) is 5.57 Å². The van der Waals surface area contributed by atoms with Crippen LogP contribution in [-0.4, -0.2) is 47.9 Å². The third-order valence-corrected chi connectivity index (χ3v) is 8.97. The summed E-state index contributed by atoms with van der Waals surface area (Å²) < 4.78 is 23.3. The van der Waals surface area contributed by atoms with Crippen molar-refractivity contribution in [2.75, 3.05) is 26.8 Å². The van der Waals surface area contributed by atoms with Gasteiger partial charge in [0.05, 0.1) is 30.4 Å². The molecule has 2 aliphatic rings. The molecule has 1 aliphatic carbocycles. The minimum atomic E-state index is -1.22. The van der Waals surface area contributed by atoms with E-state index in [4.69, 9.17) is 9.47 Å². The molecule has 1 saturated heterocycles. The van der Waals surface area contributed by atoms with Crippen molar-refractivity contribution < 1.29 is 18.5 Å². The van der Waals surface area contributed by atoms with Crippen LogP contribution in [-0.2, 0) is 20.3 Å². The first kappa shape index (κ1) is 25.6. The maximum absolute atomic E-state index is 12.9. The van der Waals surface area contributed by atoms with E-state index in [2.05, 4.69) is 23.6 Å². The van der Waals surface area contributed by atoms with Crippen LogP contribution in [0.1, 0.15) is 51.0 Å². The molecule has 2 fully saturated rings. The summed E-state index contributed by atoms with van der Waals surface area (Å²) in [6.45, 7) is 8.93. The molecule has 1 unspecified atom stereocenters. The maximum atomic E-state index is 12.9. The summed E-state index contributed by atoms with van der Waals surface area (Å²) in [5.74, 6) is 1.30. The molecule has 5 nitrogen and oxygen atoms in total. The highest BCUT2D eigenvalue weighted by Gasteiger charge is 2.32. The van der Waals surface area contributed by atoms with Crippen LogP contribution in [0.3, 0.4) is 0 Å². The van der Waals surface area contributed by atoms with Gasteiger partial charge in [-0.2, -0.15) is 0 Å². The number of esters is 1. The zero-order valence-electron chi connectivity index (χ0n) is 20.9. The first-order chi connectivity index (χ1) is 17.0. The molecule has 35 heavy (non-hydrogen) atoms. The predicted octanol–water partition coefficient (Wildman–Crippen LogP) is 5.71. The van der Waals surface area contributed by atoms with E-state index in [1.807, 2.05) is 43.3 Å². The molecule has 0 radical (unpaired) electrons. The highest BCUT2D eigenvalue weighted by molar-refractivity contribution is 7.85. The third kappa shape index (κ3) is 6.22. The largest absolute Gasteiger partial charge is 0.497 e. The molecule has 0 amide bonds. The summed E-state index contributed by atoms with van der Waals surface area (Å²) in [7, 11) is 0.406. The first-order valence-electron chi connectivity index (χ1n) is 12.8. The van der Waals surface area contributed by atoms with Gasteiger partial charge in [-0.3, -0.25) is 4.79 Å². The minimum absolute atomic E-state index is 0.0141. The lowest BCUT2D eigenvalue weighted by Crippen LogP contribution is -2.44. The van der Waals surface area contributed by atoms with Crippen molar-refractivity contribution in [1.82, 2.24) is 4.90 Å². The molecule has 1 atom stereocenters. The molecule has 0 spiro atoms. The van der Waals surface area contributed by atoms with E-state index in [-0.39, 0.29) is 11.9 Å². The lowest BCUT2D eigenvalue weighted by atomic mass is 9.82. The lowest BCUT2D eigenvalue weighted by molar-refractivity contribution is -0.149. The number of ether oxygens (including phenoxy) is 2. The van der Waals surface area contributed by atoms with E-state index in [0.717, 1.165) is 72.7 Å². The van der Waals surface area contributed by atoms with Crippen molar-refractivity contribution in [1.29, 1.82) is 0 Å². The molecule has 2 aromatic rings. The Morgan fingerprint density at radius 1 is 0.914 bits per heavy atom. The van der Waals surface area contributed by atoms with Gasteiger partial charge in [0, 0.05) is 15.8 Å². The van der Waals surface area contributed by atoms with Gasteiger partial charge in [-0.15, -0.1) is 0 Å². The van der Waals surface area contributed by atoms with Gasteiger partial charge < -0.3 is 14.4 Å². The van der Waals surface area contributed by atoms with Crippen molar-refractivity contribution in [2.45, 2.75) is 61.3 Å². The molecule has 6 heteroatoms. The van der Waals surface area contributed by atoms with Gasteiger partial charge in [0.1, 0.15) is 5.75 Å². The molecule has 0 aromatic heterocycles. The smallest absolute Gasteiger partial charge is 0.308 e. The number of benzene rings is 2. The maximum Gasteiger partial charge on any atom is 0.308 e. The van der Waals surface area contributed by atoms with Crippen LogP contribution in [0, 0.1) is 11.8 Å². The van der Waals surface area contributed by atoms with Crippen LogP contribution in [0.25, 0.3) is 5.57 Å². The number of hydrogen-bond acceptors (Lipinski definition) is 5. The summed E-state index contributed by atoms with van der Waals surface area (Å²) >= 11 is 0. The second kappa shape index (κ2) is 12.0. The number of carbonyl (C=O) groups excluding carboxylic acids is 1. The van der Waals surface area contributed by atoms with Crippen LogP contribution in [0.15, 0.2) is 64.9 Å². The Morgan fingerprint density at radius 2 is 1.49 bits per heavy atom. The third-order valence-electron chi connectivity index (χ3n) is 7.57. The first-order valence-corrected chi connectivity index (χ1v) is 13.9. The number of likely N-dealkylation sites (tertiary alicyclic amines) is 1. The van der Waals surface area contributed by atoms with E-state index < -0.39 is 10.8 Å². The molecule has 0 bridgehead atoms. The molecular weight excluding hydrogens is 458 g/mol.